The Labute approximate surface area is 182 Å². The lowest BCUT2D eigenvalue weighted by molar-refractivity contribution is 0.0934. The van der Waals surface area contributed by atoms with E-state index in [-0.39, 0.29) is 18.0 Å². The second-order valence-electron chi connectivity index (χ2n) is 7.94. The molecular weight excluding hydrogens is 412 g/mol. The van der Waals surface area contributed by atoms with E-state index in [1.807, 2.05) is 44.2 Å². The van der Waals surface area contributed by atoms with Crippen LogP contribution in [0.1, 0.15) is 48.1 Å². The maximum absolute atomic E-state index is 12.9. The van der Waals surface area contributed by atoms with Gasteiger partial charge in [-0.25, -0.2) is 13.4 Å². The highest BCUT2D eigenvalue weighted by Crippen LogP contribution is 2.34. The Hall–Kier alpha value is -3.13. The fraction of sp³-hybridized carbons (Fsp3) is 0.304. The average Bonchev–Trinajstić information content (AvgIpc) is 3.35. The first kappa shape index (κ1) is 21.1. The molecule has 2 aromatic carbocycles. The third-order valence-electron chi connectivity index (χ3n) is 5.58. The summed E-state index contributed by atoms with van der Waals surface area (Å²) in [5.74, 6) is 0.491. The number of nitrogens with one attached hydrogen (secondary N) is 2. The molecular formula is C23H26N4O3S. The van der Waals surface area contributed by atoms with Gasteiger partial charge in [0.1, 0.15) is 5.82 Å². The zero-order valence-corrected chi connectivity index (χ0v) is 18.6. The van der Waals surface area contributed by atoms with E-state index in [4.69, 9.17) is 0 Å². The lowest BCUT2D eigenvalue weighted by Crippen LogP contribution is -2.34. The van der Waals surface area contributed by atoms with Gasteiger partial charge >= 0.3 is 0 Å². The van der Waals surface area contributed by atoms with E-state index in [0.717, 1.165) is 16.8 Å². The molecule has 2 heterocycles. The Morgan fingerprint density at radius 1 is 1.26 bits per heavy atom. The number of amides is 1. The molecule has 0 saturated heterocycles. The van der Waals surface area contributed by atoms with Gasteiger partial charge in [0.25, 0.3) is 5.91 Å². The van der Waals surface area contributed by atoms with Crippen molar-refractivity contribution >= 4 is 21.6 Å². The maximum Gasteiger partial charge on any atom is 0.251 e. The fourth-order valence-electron chi connectivity index (χ4n) is 4.13. The van der Waals surface area contributed by atoms with Crippen LogP contribution in [0.5, 0.6) is 0 Å². The van der Waals surface area contributed by atoms with Gasteiger partial charge in [-0.2, -0.15) is 0 Å². The molecule has 4 rings (SSSR count). The summed E-state index contributed by atoms with van der Waals surface area (Å²) >= 11 is 0. The van der Waals surface area contributed by atoms with Gasteiger partial charge in [0.15, 0.2) is 0 Å². The van der Waals surface area contributed by atoms with Crippen molar-refractivity contribution in [3.63, 3.8) is 0 Å². The number of imidazole rings is 1. The number of aromatic nitrogens is 2. The minimum absolute atomic E-state index is 0.161. The van der Waals surface area contributed by atoms with Crippen molar-refractivity contribution in [2.75, 3.05) is 10.6 Å². The van der Waals surface area contributed by atoms with Crippen LogP contribution >= 0.6 is 0 Å². The van der Waals surface area contributed by atoms with E-state index in [0.29, 0.717) is 29.9 Å². The fourth-order valence-corrected chi connectivity index (χ4v) is 5.40. The molecule has 1 aliphatic heterocycles. The molecule has 162 valence electrons. The molecule has 7 nitrogen and oxygen atoms in total. The van der Waals surface area contributed by atoms with E-state index >= 15 is 0 Å². The quantitative estimate of drug-likeness (QED) is 0.614. The van der Waals surface area contributed by atoms with Crippen LogP contribution < -0.4 is 9.62 Å². The van der Waals surface area contributed by atoms with E-state index in [2.05, 4.69) is 15.3 Å². The number of fused-ring (bicyclic) bond motifs is 1. The van der Waals surface area contributed by atoms with E-state index in [1.165, 1.54) is 10.6 Å². The van der Waals surface area contributed by atoms with Gasteiger partial charge in [-0.1, -0.05) is 37.3 Å². The van der Waals surface area contributed by atoms with Crippen molar-refractivity contribution in [2.45, 2.75) is 38.8 Å². The third kappa shape index (κ3) is 4.20. The predicted molar refractivity (Wildman–Crippen MR) is 121 cm³/mol. The summed E-state index contributed by atoms with van der Waals surface area (Å²) in [5, 5.41) is 3.04. The molecule has 0 radical (unpaired) electrons. The molecule has 0 spiro atoms. The van der Waals surface area contributed by atoms with Crippen LogP contribution in [0.4, 0.5) is 5.69 Å². The van der Waals surface area contributed by atoms with Gasteiger partial charge in [0.05, 0.1) is 29.9 Å². The van der Waals surface area contributed by atoms with Gasteiger partial charge in [-0.05, 0) is 49.1 Å². The first-order chi connectivity index (χ1) is 14.8. The largest absolute Gasteiger partial charge is 0.342 e. The molecule has 1 aliphatic rings. The van der Waals surface area contributed by atoms with Crippen LogP contribution in [0.2, 0.25) is 0 Å². The topological polar surface area (TPSA) is 95.2 Å². The number of H-pyrrole nitrogens is 1. The number of hydrogen-bond donors (Lipinski definition) is 2. The number of carbonyl (C=O) groups excluding carboxylic acids is 1. The Morgan fingerprint density at radius 3 is 2.68 bits per heavy atom. The minimum Gasteiger partial charge on any atom is -0.342 e. The molecule has 2 N–H and O–H groups in total. The maximum atomic E-state index is 12.9. The molecule has 0 fully saturated rings. The number of sulfonamides is 1. The van der Waals surface area contributed by atoms with Crippen molar-refractivity contribution in [3.05, 3.63) is 71.7 Å². The summed E-state index contributed by atoms with van der Waals surface area (Å²) in [7, 11) is -3.36. The monoisotopic (exact) mass is 438 g/mol. The van der Waals surface area contributed by atoms with E-state index < -0.39 is 10.0 Å². The van der Waals surface area contributed by atoms with Crippen molar-refractivity contribution in [1.29, 1.82) is 0 Å². The summed E-state index contributed by atoms with van der Waals surface area (Å²) in [6.07, 6.45) is 4.24. The number of hydrogen-bond acceptors (Lipinski definition) is 4. The first-order valence-electron chi connectivity index (χ1n) is 10.3. The lowest BCUT2D eigenvalue weighted by atomic mass is 10.1. The number of anilines is 1. The smallest absolute Gasteiger partial charge is 0.251 e. The number of benzene rings is 2. The molecule has 0 bridgehead atoms. The van der Waals surface area contributed by atoms with Crippen LogP contribution in [0.3, 0.4) is 0 Å². The second kappa shape index (κ2) is 8.19. The number of aromatic amines is 1. The summed E-state index contributed by atoms with van der Waals surface area (Å²) in [6.45, 7) is 3.86. The zero-order valence-electron chi connectivity index (χ0n) is 17.8. The van der Waals surface area contributed by atoms with Crippen LogP contribution in [0.15, 0.2) is 54.7 Å². The number of carbonyl (C=O) groups is 1. The normalized spacial score (nSPS) is 16.7. The molecule has 1 aromatic heterocycles. The Kier molecular flexibility index (Phi) is 5.58. The minimum atomic E-state index is -3.36. The van der Waals surface area contributed by atoms with E-state index in [1.54, 1.807) is 24.4 Å². The molecule has 0 aliphatic carbocycles. The van der Waals surface area contributed by atoms with Gasteiger partial charge < -0.3 is 10.3 Å². The molecule has 31 heavy (non-hydrogen) atoms. The van der Waals surface area contributed by atoms with Gasteiger partial charge in [-0.3, -0.25) is 9.10 Å². The van der Waals surface area contributed by atoms with Crippen LogP contribution in [-0.2, 0) is 16.4 Å². The van der Waals surface area contributed by atoms with Crippen molar-refractivity contribution in [2.24, 2.45) is 0 Å². The standard InChI is InChI=1S/C23H26N4O3S/c1-4-19(22-24-14-20(25-22)16-8-6-5-7-9-16)26-23(28)17-10-11-21-18(13-17)12-15(2)27(21)31(3,29)30/h5-11,13-15,19H,4,12H2,1-3H3,(H,24,25)(H,26,28). The van der Waals surface area contributed by atoms with Gasteiger partial charge in [0, 0.05) is 11.6 Å². The molecule has 2 unspecified atom stereocenters. The van der Waals surface area contributed by atoms with Crippen LogP contribution in [-0.4, -0.2) is 36.6 Å². The molecule has 0 saturated carbocycles. The molecule has 3 aromatic rings. The highest BCUT2D eigenvalue weighted by Gasteiger charge is 2.33. The second-order valence-corrected chi connectivity index (χ2v) is 9.80. The molecule has 1 amide bonds. The lowest BCUT2D eigenvalue weighted by Gasteiger charge is -2.22. The third-order valence-corrected chi connectivity index (χ3v) is 6.85. The van der Waals surface area contributed by atoms with E-state index in [9.17, 15) is 13.2 Å². The first-order valence-corrected chi connectivity index (χ1v) is 12.2. The summed E-state index contributed by atoms with van der Waals surface area (Å²) in [6, 6.07) is 14.7. The number of nitrogens with zero attached hydrogens (tertiary/aromatic N) is 2. The van der Waals surface area contributed by atoms with Gasteiger partial charge in [0.2, 0.25) is 10.0 Å². The SMILES string of the molecule is CCC(NC(=O)c1ccc2c(c1)CC(C)N2S(C)(=O)=O)c1ncc(-c2ccccc2)[nH]1. The molecule has 8 heteroatoms. The predicted octanol–water partition coefficient (Wildman–Crippen LogP) is 3.67. The zero-order chi connectivity index (χ0) is 22.2. The summed E-state index contributed by atoms with van der Waals surface area (Å²) in [5.41, 5.74) is 3.95. The summed E-state index contributed by atoms with van der Waals surface area (Å²) < 4.78 is 25.6. The number of rotatable bonds is 6. The summed E-state index contributed by atoms with van der Waals surface area (Å²) in [4.78, 5) is 20.7. The van der Waals surface area contributed by atoms with Crippen molar-refractivity contribution in [1.82, 2.24) is 15.3 Å². The van der Waals surface area contributed by atoms with Gasteiger partial charge in [-0.15, -0.1) is 0 Å². The Bertz CT molecular complexity index is 1200. The molecule has 2 atom stereocenters. The Morgan fingerprint density at radius 2 is 2.00 bits per heavy atom. The average molecular weight is 439 g/mol. The van der Waals surface area contributed by atoms with Crippen molar-refractivity contribution < 1.29 is 13.2 Å². The van der Waals surface area contributed by atoms with Crippen LogP contribution in [0.25, 0.3) is 11.3 Å². The highest BCUT2D eigenvalue weighted by atomic mass is 32.2. The Balaban J connectivity index is 1.53. The van der Waals surface area contributed by atoms with Crippen molar-refractivity contribution in [3.8, 4) is 11.3 Å². The highest BCUT2D eigenvalue weighted by molar-refractivity contribution is 7.92. The van der Waals surface area contributed by atoms with Crippen LogP contribution in [0, 0.1) is 0 Å².